The molecule has 2 aromatic rings. The average Bonchev–Trinajstić information content (AvgIpc) is 3.17. The molecular formula is C24H27N3OS. The number of hydrogen-bond acceptors (Lipinski definition) is 4. The molecule has 29 heavy (non-hydrogen) atoms. The van der Waals surface area contributed by atoms with Crippen LogP contribution in [0.2, 0.25) is 0 Å². The molecule has 0 aliphatic carbocycles. The zero-order valence-corrected chi connectivity index (χ0v) is 17.5. The molecule has 2 aliphatic heterocycles. The number of rotatable bonds is 6. The maximum atomic E-state index is 12.6. The SMILES string of the molecule is N#Cc1ccc(SCCC(=O)N2CCC(CN3CCc4ccccc43)CC2)cc1. The Morgan fingerprint density at radius 2 is 1.83 bits per heavy atom. The number of amides is 1. The van der Waals surface area contributed by atoms with Gasteiger partial charge >= 0.3 is 0 Å². The number of hydrogen-bond donors (Lipinski definition) is 0. The number of anilines is 1. The van der Waals surface area contributed by atoms with Gasteiger partial charge in [-0.05, 0) is 61.1 Å². The minimum Gasteiger partial charge on any atom is -0.371 e. The third kappa shape index (κ3) is 4.94. The summed E-state index contributed by atoms with van der Waals surface area (Å²) in [5, 5.41) is 8.85. The lowest BCUT2D eigenvalue weighted by molar-refractivity contribution is -0.132. The first-order valence-corrected chi connectivity index (χ1v) is 11.4. The number of thioether (sulfide) groups is 1. The second-order valence-corrected chi connectivity index (χ2v) is 9.05. The number of nitrogens with zero attached hydrogens (tertiary/aromatic N) is 3. The van der Waals surface area contributed by atoms with Gasteiger partial charge in [-0.25, -0.2) is 0 Å². The van der Waals surface area contributed by atoms with Crippen LogP contribution < -0.4 is 4.90 Å². The Morgan fingerprint density at radius 3 is 2.59 bits per heavy atom. The Hall–Kier alpha value is -2.45. The van der Waals surface area contributed by atoms with Crippen molar-refractivity contribution < 1.29 is 4.79 Å². The monoisotopic (exact) mass is 405 g/mol. The molecule has 0 atom stereocenters. The van der Waals surface area contributed by atoms with Crippen LogP contribution in [0.5, 0.6) is 0 Å². The summed E-state index contributed by atoms with van der Waals surface area (Å²) < 4.78 is 0. The van der Waals surface area contributed by atoms with E-state index in [0.29, 0.717) is 17.9 Å². The van der Waals surface area contributed by atoms with Crippen LogP contribution in [0.25, 0.3) is 0 Å². The molecule has 4 nitrogen and oxygen atoms in total. The van der Waals surface area contributed by atoms with Gasteiger partial charge < -0.3 is 9.80 Å². The number of carbonyl (C=O) groups is 1. The lowest BCUT2D eigenvalue weighted by atomic mass is 9.96. The van der Waals surface area contributed by atoms with Gasteiger partial charge in [-0.15, -0.1) is 11.8 Å². The highest BCUT2D eigenvalue weighted by Crippen LogP contribution is 2.30. The van der Waals surface area contributed by atoms with Gasteiger partial charge in [0.1, 0.15) is 0 Å². The minimum atomic E-state index is 0.274. The van der Waals surface area contributed by atoms with Crippen molar-refractivity contribution in [3.05, 3.63) is 59.7 Å². The zero-order valence-electron chi connectivity index (χ0n) is 16.7. The topological polar surface area (TPSA) is 47.3 Å². The van der Waals surface area contributed by atoms with Crippen molar-refractivity contribution in [2.75, 3.05) is 36.8 Å². The minimum absolute atomic E-state index is 0.274. The summed E-state index contributed by atoms with van der Waals surface area (Å²) in [5.74, 6) is 1.74. The summed E-state index contributed by atoms with van der Waals surface area (Å²) in [6.07, 6.45) is 3.94. The van der Waals surface area contributed by atoms with Crippen LogP contribution in [-0.4, -0.2) is 42.7 Å². The Kier molecular flexibility index (Phi) is 6.41. The Balaban J connectivity index is 1.18. The van der Waals surface area contributed by atoms with Gasteiger partial charge in [0.05, 0.1) is 11.6 Å². The molecule has 2 aliphatic rings. The largest absolute Gasteiger partial charge is 0.371 e. The first-order chi connectivity index (χ1) is 14.2. The molecule has 0 N–H and O–H groups in total. The fraction of sp³-hybridized carbons (Fsp3) is 0.417. The summed E-state index contributed by atoms with van der Waals surface area (Å²) in [7, 11) is 0. The first kappa shape index (κ1) is 19.8. The van der Waals surface area contributed by atoms with Crippen LogP contribution in [0.1, 0.15) is 30.4 Å². The van der Waals surface area contributed by atoms with E-state index in [4.69, 9.17) is 5.26 Å². The van der Waals surface area contributed by atoms with E-state index in [9.17, 15) is 4.79 Å². The Labute approximate surface area is 177 Å². The highest BCUT2D eigenvalue weighted by molar-refractivity contribution is 7.99. The molecule has 0 radical (unpaired) electrons. The molecule has 1 fully saturated rings. The molecule has 4 rings (SSSR count). The van der Waals surface area contributed by atoms with E-state index >= 15 is 0 Å². The van der Waals surface area contributed by atoms with Crippen LogP contribution in [0.15, 0.2) is 53.4 Å². The third-order valence-corrected chi connectivity index (χ3v) is 7.01. The van der Waals surface area contributed by atoms with Gasteiger partial charge in [-0.3, -0.25) is 4.79 Å². The van der Waals surface area contributed by atoms with Crippen molar-refractivity contribution in [1.29, 1.82) is 5.26 Å². The molecule has 0 saturated carbocycles. The van der Waals surface area contributed by atoms with E-state index in [1.54, 1.807) is 11.8 Å². The van der Waals surface area contributed by atoms with E-state index < -0.39 is 0 Å². The van der Waals surface area contributed by atoms with Crippen LogP contribution in [0.4, 0.5) is 5.69 Å². The van der Waals surface area contributed by atoms with Crippen molar-refractivity contribution >= 4 is 23.4 Å². The molecule has 5 heteroatoms. The van der Waals surface area contributed by atoms with Crippen molar-refractivity contribution in [3.8, 4) is 6.07 Å². The summed E-state index contributed by atoms with van der Waals surface area (Å²) in [6.45, 7) is 4.03. The summed E-state index contributed by atoms with van der Waals surface area (Å²) in [5.41, 5.74) is 3.55. The van der Waals surface area contributed by atoms with Crippen molar-refractivity contribution in [3.63, 3.8) is 0 Å². The van der Waals surface area contributed by atoms with E-state index in [1.165, 1.54) is 11.3 Å². The van der Waals surface area contributed by atoms with E-state index in [-0.39, 0.29) is 5.91 Å². The van der Waals surface area contributed by atoms with Gasteiger partial charge in [-0.2, -0.15) is 5.26 Å². The standard InChI is InChI=1S/C24H27N3OS/c25-17-19-5-7-22(8-6-19)29-16-12-24(28)26-13-9-20(10-14-26)18-27-15-11-21-3-1-2-4-23(21)27/h1-8,20H,9-16,18H2. The fourth-order valence-corrected chi connectivity index (χ4v) is 5.15. The van der Waals surface area contributed by atoms with Gasteiger partial charge in [0, 0.05) is 48.9 Å². The third-order valence-electron chi connectivity index (χ3n) is 6.00. The van der Waals surface area contributed by atoms with Gasteiger partial charge in [-0.1, -0.05) is 18.2 Å². The van der Waals surface area contributed by atoms with Crippen molar-refractivity contribution in [2.45, 2.75) is 30.6 Å². The molecule has 1 amide bonds. The predicted octanol–water partition coefficient (Wildman–Crippen LogP) is 4.34. The van der Waals surface area contributed by atoms with E-state index in [1.807, 2.05) is 29.2 Å². The van der Waals surface area contributed by atoms with E-state index in [0.717, 1.165) is 56.1 Å². The van der Waals surface area contributed by atoms with Crippen LogP contribution in [0, 0.1) is 17.2 Å². The smallest absolute Gasteiger partial charge is 0.223 e. The number of benzene rings is 2. The van der Waals surface area contributed by atoms with Gasteiger partial charge in [0.25, 0.3) is 0 Å². The zero-order chi connectivity index (χ0) is 20.1. The second kappa shape index (κ2) is 9.37. The number of carbonyl (C=O) groups excluding carboxylic acids is 1. The molecule has 2 heterocycles. The highest BCUT2D eigenvalue weighted by atomic mass is 32.2. The van der Waals surface area contributed by atoms with Crippen LogP contribution in [0.3, 0.4) is 0 Å². The lowest BCUT2D eigenvalue weighted by Gasteiger charge is -2.34. The van der Waals surface area contributed by atoms with Gasteiger partial charge in [0.2, 0.25) is 5.91 Å². The highest BCUT2D eigenvalue weighted by Gasteiger charge is 2.26. The van der Waals surface area contributed by atoms with E-state index in [2.05, 4.69) is 35.2 Å². The first-order valence-electron chi connectivity index (χ1n) is 10.5. The number of piperidine rings is 1. The second-order valence-electron chi connectivity index (χ2n) is 7.88. The molecule has 150 valence electrons. The maximum absolute atomic E-state index is 12.6. The number of nitriles is 1. The van der Waals surface area contributed by atoms with Crippen LogP contribution in [-0.2, 0) is 11.2 Å². The summed E-state index contributed by atoms with van der Waals surface area (Å²) in [4.78, 5) is 18.3. The number of para-hydroxylation sites is 1. The fourth-order valence-electron chi connectivity index (χ4n) is 4.31. The molecule has 0 bridgehead atoms. The normalized spacial score (nSPS) is 16.5. The Morgan fingerprint density at radius 1 is 1.07 bits per heavy atom. The molecule has 2 aromatic carbocycles. The maximum Gasteiger partial charge on any atom is 0.223 e. The quantitative estimate of drug-likeness (QED) is 0.671. The average molecular weight is 406 g/mol. The van der Waals surface area contributed by atoms with Crippen LogP contribution >= 0.6 is 11.8 Å². The molecule has 0 aromatic heterocycles. The predicted molar refractivity (Wildman–Crippen MR) is 118 cm³/mol. The lowest BCUT2D eigenvalue weighted by Crippen LogP contribution is -2.41. The van der Waals surface area contributed by atoms with Gasteiger partial charge in [0.15, 0.2) is 0 Å². The summed E-state index contributed by atoms with van der Waals surface area (Å²) >= 11 is 1.68. The Bertz CT molecular complexity index is 882. The number of likely N-dealkylation sites (tertiary alicyclic amines) is 1. The number of fused-ring (bicyclic) bond motifs is 1. The molecule has 1 saturated heterocycles. The van der Waals surface area contributed by atoms with Crippen molar-refractivity contribution in [2.24, 2.45) is 5.92 Å². The molecular weight excluding hydrogens is 378 g/mol. The van der Waals surface area contributed by atoms with Crippen molar-refractivity contribution in [1.82, 2.24) is 4.90 Å². The molecule has 0 spiro atoms. The summed E-state index contributed by atoms with van der Waals surface area (Å²) in [6, 6.07) is 18.4. The molecule has 0 unspecified atom stereocenters.